The smallest absolute Gasteiger partial charge is 0.259 e. The minimum absolute atomic E-state index is 0.173. The van der Waals surface area contributed by atoms with Crippen LogP contribution in [0.3, 0.4) is 0 Å². The fraction of sp³-hybridized carbons (Fsp3) is 0.167. The molecule has 0 aromatic heterocycles. The highest BCUT2D eigenvalue weighted by Gasteiger charge is 2.38. The van der Waals surface area contributed by atoms with Crippen LogP contribution < -0.4 is 15.0 Å². The van der Waals surface area contributed by atoms with Crippen LogP contribution in [0.4, 0.5) is 5.69 Å². The molecule has 3 aromatic carbocycles. The molecule has 1 aliphatic rings. The number of benzene rings is 3. The van der Waals surface area contributed by atoms with E-state index in [1.54, 1.807) is 24.1 Å². The number of ether oxygens (including phenoxy) is 1. The number of methoxy groups -OCH3 is 1. The van der Waals surface area contributed by atoms with Crippen LogP contribution in [-0.4, -0.2) is 25.0 Å². The molecule has 29 heavy (non-hydrogen) atoms. The highest BCUT2D eigenvalue weighted by Crippen LogP contribution is 2.33. The largest absolute Gasteiger partial charge is 0.496 e. The lowest BCUT2D eigenvalue weighted by Gasteiger charge is -2.25. The van der Waals surface area contributed by atoms with Gasteiger partial charge in [0.05, 0.1) is 7.11 Å². The van der Waals surface area contributed by atoms with Crippen molar-refractivity contribution in [2.75, 3.05) is 12.0 Å². The second-order valence-corrected chi connectivity index (χ2v) is 6.92. The lowest BCUT2D eigenvalue weighted by molar-refractivity contribution is -0.122. The molecule has 1 atom stereocenters. The lowest BCUT2D eigenvalue weighted by atomic mass is 10.1. The maximum atomic E-state index is 13.2. The summed E-state index contributed by atoms with van der Waals surface area (Å²) in [6.45, 7) is 0.336. The zero-order valence-corrected chi connectivity index (χ0v) is 16.2. The molecular formula is C24H22N2O3. The second-order valence-electron chi connectivity index (χ2n) is 6.92. The van der Waals surface area contributed by atoms with Gasteiger partial charge in [-0.2, -0.15) is 0 Å². The Bertz CT molecular complexity index is 1030. The molecule has 0 unspecified atom stereocenters. The topological polar surface area (TPSA) is 58.6 Å². The standard InChI is InChI=1S/C24H22N2O3/c1-29-22-14-8-6-12-19(22)16-25-23(27)21-15-18-11-5-7-13-20(18)26(21)24(28)17-9-3-2-4-10-17/h2-14,21H,15-16H2,1H3,(H,25,27)/t21-/m0/s1. The summed E-state index contributed by atoms with van der Waals surface area (Å²) in [6.07, 6.45) is 0.493. The van der Waals surface area contributed by atoms with E-state index < -0.39 is 6.04 Å². The van der Waals surface area contributed by atoms with E-state index in [1.165, 1.54) is 0 Å². The van der Waals surface area contributed by atoms with Crippen LogP contribution in [0, 0.1) is 0 Å². The van der Waals surface area contributed by atoms with Crippen molar-refractivity contribution in [3.8, 4) is 5.75 Å². The first-order chi connectivity index (χ1) is 14.2. The van der Waals surface area contributed by atoms with E-state index in [-0.39, 0.29) is 11.8 Å². The van der Waals surface area contributed by atoms with Crippen molar-refractivity contribution in [2.24, 2.45) is 0 Å². The number of carbonyl (C=O) groups is 2. The highest BCUT2D eigenvalue weighted by atomic mass is 16.5. The first kappa shape index (κ1) is 18.7. The number of nitrogens with zero attached hydrogens (tertiary/aromatic N) is 1. The zero-order chi connectivity index (χ0) is 20.2. The number of hydrogen-bond donors (Lipinski definition) is 1. The zero-order valence-electron chi connectivity index (χ0n) is 16.2. The lowest BCUT2D eigenvalue weighted by Crippen LogP contribution is -2.48. The summed E-state index contributed by atoms with van der Waals surface area (Å²) < 4.78 is 5.36. The van der Waals surface area contributed by atoms with Crippen LogP contribution in [-0.2, 0) is 17.8 Å². The quantitative estimate of drug-likeness (QED) is 0.729. The van der Waals surface area contributed by atoms with Gasteiger partial charge in [-0.1, -0.05) is 54.6 Å². The third-order valence-corrected chi connectivity index (χ3v) is 5.16. The number of amides is 2. The van der Waals surface area contributed by atoms with Gasteiger partial charge >= 0.3 is 0 Å². The summed E-state index contributed by atoms with van der Waals surface area (Å²) in [5, 5.41) is 2.97. The molecule has 0 aliphatic carbocycles. The predicted octanol–water partition coefficient (Wildman–Crippen LogP) is 3.58. The van der Waals surface area contributed by atoms with Crippen molar-refractivity contribution in [2.45, 2.75) is 19.0 Å². The molecular weight excluding hydrogens is 364 g/mol. The minimum Gasteiger partial charge on any atom is -0.496 e. The Labute approximate surface area is 169 Å². The van der Waals surface area contributed by atoms with Gasteiger partial charge in [0, 0.05) is 29.8 Å². The number of fused-ring (bicyclic) bond motifs is 1. The predicted molar refractivity (Wildman–Crippen MR) is 112 cm³/mol. The van der Waals surface area contributed by atoms with Crippen molar-refractivity contribution in [1.82, 2.24) is 5.32 Å². The van der Waals surface area contributed by atoms with E-state index in [0.717, 1.165) is 22.6 Å². The van der Waals surface area contributed by atoms with Crippen molar-refractivity contribution in [1.29, 1.82) is 0 Å². The van der Waals surface area contributed by atoms with E-state index >= 15 is 0 Å². The summed E-state index contributed by atoms with van der Waals surface area (Å²) in [4.78, 5) is 27.9. The molecule has 4 rings (SSSR count). The third-order valence-electron chi connectivity index (χ3n) is 5.16. The molecule has 0 bridgehead atoms. The Morgan fingerprint density at radius 1 is 0.966 bits per heavy atom. The maximum absolute atomic E-state index is 13.2. The Kier molecular flexibility index (Phi) is 5.29. The molecule has 0 saturated heterocycles. The second kappa shape index (κ2) is 8.19. The summed E-state index contributed by atoms with van der Waals surface area (Å²) in [7, 11) is 1.61. The Balaban J connectivity index is 1.58. The fourth-order valence-corrected chi connectivity index (χ4v) is 3.72. The van der Waals surface area contributed by atoms with E-state index in [0.29, 0.717) is 18.5 Å². The molecule has 1 N–H and O–H groups in total. The van der Waals surface area contributed by atoms with E-state index in [9.17, 15) is 9.59 Å². The van der Waals surface area contributed by atoms with Gasteiger partial charge in [-0.25, -0.2) is 0 Å². The van der Waals surface area contributed by atoms with Crippen molar-refractivity contribution >= 4 is 17.5 Å². The van der Waals surface area contributed by atoms with Gasteiger partial charge in [0.15, 0.2) is 0 Å². The molecule has 2 amide bonds. The Morgan fingerprint density at radius 2 is 1.66 bits per heavy atom. The van der Waals surface area contributed by atoms with Gasteiger partial charge in [0.2, 0.25) is 5.91 Å². The fourth-order valence-electron chi connectivity index (χ4n) is 3.72. The SMILES string of the molecule is COc1ccccc1CNC(=O)[C@@H]1Cc2ccccc2N1C(=O)c1ccccc1. The van der Waals surface area contributed by atoms with Crippen LogP contribution in [0.15, 0.2) is 78.9 Å². The summed E-state index contributed by atoms with van der Waals surface area (Å²) in [6, 6.07) is 23.7. The molecule has 5 heteroatoms. The molecule has 0 radical (unpaired) electrons. The number of carbonyl (C=O) groups excluding carboxylic acids is 2. The number of hydrogen-bond acceptors (Lipinski definition) is 3. The van der Waals surface area contributed by atoms with Gasteiger partial charge in [-0.05, 0) is 29.8 Å². The van der Waals surface area contributed by atoms with Crippen molar-refractivity contribution < 1.29 is 14.3 Å². The van der Waals surface area contributed by atoms with Crippen LogP contribution in [0.1, 0.15) is 21.5 Å². The van der Waals surface area contributed by atoms with Gasteiger partial charge in [0.25, 0.3) is 5.91 Å². The molecule has 3 aromatic rings. The first-order valence-electron chi connectivity index (χ1n) is 9.55. The molecule has 0 spiro atoms. The average molecular weight is 386 g/mol. The first-order valence-corrected chi connectivity index (χ1v) is 9.55. The molecule has 1 aliphatic heterocycles. The van der Waals surface area contributed by atoms with E-state index in [1.807, 2.05) is 66.7 Å². The van der Waals surface area contributed by atoms with E-state index in [2.05, 4.69) is 5.32 Å². The Hall–Kier alpha value is -3.60. The van der Waals surface area contributed by atoms with Crippen LogP contribution in [0.2, 0.25) is 0 Å². The maximum Gasteiger partial charge on any atom is 0.259 e. The van der Waals surface area contributed by atoms with Crippen molar-refractivity contribution in [3.05, 3.63) is 95.6 Å². The van der Waals surface area contributed by atoms with Crippen LogP contribution in [0.25, 0.3) is 0 Å². The van der Waals surface area contributed by atoms with E-state index in [4.69, 9.17) is 4.74 Å². The number of nitrogens with one attached hydrogen (secondary N) is 1. The Morgan fingerprint density at radius 3 is 2.45 bits per heavy atom. The van der Waals surface area contributed by atoms with Crippen LogP contribution in [0.5, 0.6) is 5.75 Å². The molecule has 5 nitrogen and oxygen atoms in total. The minimum atomic E-state index is -0.588. The van der Waals surface area contributed by atoms with Crippen molar-refractivity contribution in [3.63, 3.8) is 0 Å². The monoisotopic (exact) mass is 386 g/mol. The van der Waals surface area contributed by atoms with Crippen LogP contribution >= 0.6 is 0 Å². The highest BCUT2D eigenvalue weighted by molar-refractivity contribution is 6.11. The third kappa shape index (κ3) is 3.72. The molecule has 1 heterocycles. The molecule has 146 valence electrons. The van der Waals surface area contributed by atoms with Gasteiger partial charge in [0.1, 0.15) is 11.8 Å². The average Bonchev–Trinajstić information content (AvgIpc) is 3.17. The number of rotatable bonds is 5. The molecule has 0 fully saturated rings. The summed E-state index contributed by atoms with van der Waals surface area (Å²) in [5.41, 5.74) is 3.24. The van der Waals surface area contributed by atoms with Gasteiger partial charge in [-0.3, -0.25) is 14.5 Å². The number of anilines is 1. The van der Waals surface area contributed by atoms with Gasteiger partial charge in [-0.15, -0.1) is 0 Å². The number of para-hydroxylation sites is 2. The summed E-state index contributed by atoms with van der Waals surface area (Å²) >= 11 is 0. The van der Waals surface area contributed by atoms with Gasteiger partial charge < -0.3 is 10.1 Å². The normalized spacial score (nSPS) is 14.9. The summed E-state index contributed by atoms with van der Waals surface area (Å²) in [5.74, 6) is 0.365. The molecule has 0 saturated carbocycles.